The number of aliphatic imine (C=N–C) groups is 1. The minimum absolute atomic E-state index is 0.159. The summed E-state index contributed by atoms with van der Waals surface area (Å²) in [4.78, 5) is 8.39. The highest BCUT2D eigenvalue weighted by atomic mass is 19.1. The molecule has 0 saturated carbocycles. The van der Waals surface area contributed by atoms with Crippen LogP contribution in [0, 0.1) is 5.82 Å². The lowest BCUT2D eigenvalue weighted by atomic mass is 9.99. The maximum atomic E-state index is 14.1. The molecule has 2 heterocycles. The molecule has 0 aliphatic carbocycles. The molecule has 1 aromatic carbocycles. The number of pyridine rings is 1. The van der Waals surface area contributed by atoms with Gasteiger partial charge in [0.05, 0.1) is 6.54 Å². The fourth-order valence-corrected chi connectivity index (χ4v) is 2.43. The van der Waals surface area contributed by atoms with Crippen molar-refractivity contribution in [2.45, 2.75) is 12.8 Å². The Kier molecular flexibility index (Phi) is 3.72. The van der Waals surface area contributed by atoms with Gasteiger partial charge < -0.3 is 5.32 Å². The van der Waals surface area contributed by atoms with Crippen molar-refractivity contribution in [2.24, 2.45) is 4.99 Å². The maximum Gasteiger partial charge on any atom is 0.128 e. The number of aryl methyl sites for hydroxylation is 1. The average Bonchev–Trinajstić information content (AvgIpc) is 3.01. The standard InChI is InChI=1S/C16H16FN3/c17-15-3-1-2-14(16-19-10-11-20-16)13(15)5-4-12-6-8-18-9-7-12/h1-3,6-9H,4-5,10-11H2,(H,19,20). The summed E-state index contributed by atoms with van der Waals surface area (Å²) in [5, 5.41) is 3.21. The average molecular weight is 269 g/mol. The number of nitrogens with one attached hydrogen (secondary N) is 1. The number of nitrogens with zero attached hydrogens (tertiary/aromatic N) is 2. The van der Waals surface area contributed by atoms with Crippen LogP contribution < -0.4 is 5.32 Å². The second-order valence-corrected chi connectivity index (χ2v) is 4.78. The quantitative estimate of drug-likeness (QED) is 0.925. The summed E-state index contributed by atoms with van der Waals surface area (Å²) in [5.41, 5.74) is 2.78. The Labute approximate surface area is 117 Å². The normalized spacial score (nSPS) is 13.9. The molecule has 0 bridgehead atoms. The van der Waals surface area contributed by atoms with E-state index in [0.717, 1.165) is 42.0 Å². The predicted octanol–water partition coefficient (Wildman–Crippen LogP) is 2.36. The number of aromatic nitrogens is 1. The van der Waals surface area contributed by atoms with E-state index >= 15 is 0 Å². The van der Waals surface area contributed by atoms with Crippen molar-refractivity contribution in [1.29, 1.82) is 0 Å². The first kappa shape index (κ1) is 12.8. The number of rotatable bonds is 4. The molecule has 3 nitrogen and oxygen atoms in total. The summed E-state index contributed by atoms with van der Waals surface area (Å²) < 4.78 is 14.1. The van der Waals surface area contributed by atoms with Gasteiger partial charge in [0.25, 0.3) is 0 Å². The summed E-state index contributed by atoms with van der Waals surface area (Å²) in [6, 6.07) is 9.11. The molecule has 4 heteroatoms. The van der Waals surface area contributed by atoms with Crippen LogP contribution in [0.5, 0.6) is 0 Å². The number of amidine groups is 1. The van der Waals surface area contributed by atoms with Crippen molar-refractivity contribution in [3.8, 4) is 0 Å². The van der Waals surface area contributed by atoms with Crippen LogP contribution in [0.25, 0.3) is 0 Å². The van der Waals surface area contributed by atoms with Crippen molar-refractivity contribution < 1.29 is 4.39 Å². The maximum absolute atomic E-state index is 14.1. The van der Waals surface area contributed by atoms with Crippen molar-refractivity contribution in [3.63, 3.8) is 0 Å². The number of benzene rings is 1. The topological polar surface area (TPSA) is 37.3 Å². The van der Waals surface area contributed by atoms with Gasteiger partial charge in [0.15, 0.2) is 0 Å². The zero-order chi connectivity index (χ0) is 13.8. The Bertz CT molecular complexity index is 623. The summed E-state index contributed by atoms with van der Waals surface area (Å²) in [6.07, 6.45) is 4.98. The second-order valence-electron chi connectivity index (χ2n) is 4.78. The van der Waals surface area contributed by atoms with Crippen LogP contribution in [0.2, 0.25) is 0 Å². The molecular formula is C16H16FN3. The highest BCUT2D eigenvalue weighted by Crippen LogP contribution is 2.18. The molecule has 1 N–H and O–H groups in total. The third-order valence-corrected chi connectivity index (χ3v) is 3.46. The van der Waals surface area contributed by atoms with Gasteiger partial charge >= 0.3 is 0 Å². The minimum atomic E-state index is -0.159. The molecule has 0 saturated heterocycles. The van der Waals surface area contributed by atoms with Crippen LogP contribution in [-0.2, 0) is 12.8 Å². The smallest absolute Gasteiger partial charge is 0.128 e. The van der Waals surface area contributed by atoms with E-state index in [1.54, 1.807) is 18.5 Å². The lowest BCUT2D eigenvalue weighted by Gasteiger charge is -2.11. The molecule has 0 unspecified atom stereocenters. The molecule has 102 valence electrons. The van der Waals surface area contributed by atoms with Crippen molar-refractivity contribution in [2.75, 3.05) is 13.1 Å². The molecule has 0 radical (unpaired) electrons. The largest absolute Gasteiger partial charge is 0.368 e. The fourth-order valence-electron chi connectivity index (χ4n) is 2.43. The molecule has 0 spiro atoms. The Hall–Kier alpha value is -2.23. The van der Waals surface area contributed by atoms with E-state index in [4.69, 9.17) is 0 Å². The third-order valence-electron chi connectivity index (χ3n) is 3.46. The SMILES string of the molecule is Fc1cccc(C2=NCCN2)c1CCc1ccncc1. The van der Waals surface area contributed by atoms with Crippen LogP contribution in [0.4, 0.5) is 4.39 Å². The van der Waals surface area contributed by atoms with E-state index in [2.05, 4.69) is 15.3 Å². The summed E-state index contributed by atoms with van der Waals surface area (Å²) >= 11 is 0. The Balaban J connectivity index is 1.85. The van der Waals surface area contributed by atoms with E-state index in [0.29, 0.717) is 6.42 Å². The van der Waals surface area contributed by atoms with Crippen LogP contribution in [-0.4, -0.2) is 23.9 Å². The number of halogens is 1. The van der Waals surface area contributed by atoms with Crippen molar-refractivity contribution >= 4 is 5.84 Å². The zero-order valence-electron chi connectivity index (χ0n) is 11.1. The van der Waals surface area contributed by atoms with E-state index < -0.39 is 0 Å². The van der Waals surface area contributed by atoms with Gasteiger partial charge in [-0.05, 0) is 42.2 Å². The molecule has 0 atom stereocenters. The Morgan fingerprint density at radius 2 is 1.95 bits per heavy atom. The van der Waals surface area contributed by atoms with Crippen LogP contribution in [0.15, 0.2) is 47.7 Å². The van der Waals surface area contributed by atoms with E-state index in [1.165, 1.54) is 6.07 Å². The second kappa shape index (κ2) is 5.82. The molecule has 1 aliphatic rings. The van der Waals surface area contributed by atoms with Gasteiger partial charge in [-0.25, -0.2) is 4.39 Å². The number of hydrogen-bond donors (Lipinski definition) is 1. The van der Waals surface area contributed by atoms with Crippen molar-refractivity contribution in [3.05, 3.63) is 65.2 Å². The molecule has 0 fully saturated rings. The van der Waals surface area contributed by atoms with Crippen LogP contribution in [0.3, 0.4) is 0 Å². The highest BCUT2D eigenvalue weighted by Gasteiger charge is 2.15. The van der Waals surface area contributed by atoms with Gasteiger partial charge in [-0.2, -0.15) is 0 Å². The minimum Gasteiger partial charge on any atom is -0.368 e. The summed E-state index contributed by atoms with van der Waals surface area (Å²) in [6.45, 7) is 1.59. The number of hydrogen-bond acceptors (Lipinski definition) is 3. The Morgan fingerprint density at radius 1 is 1.10 bits per heavy atom. The van der Waals surface area contributed by atoms with Gasteiger partial charge in [-0.15, -0.1) is 0 Å². The first-order chi connectivity index (χ1) is 9.84. The Morgan fingerprint density at radius 3 is 2.70 bits per heavy atom. The fraction of sp³-hybridized carbons (Fsp3) is 0.250. The van der Waals surface area contributed by atoms with Gasteiger partial charge in [0, 0.05) is 24.5 Å². The lowest BCUT2D eigenvalue weighted by Crippen LogP contribution is -2.21. The molecule has 1 aliphatic heterocycles. The monoisotopic (exact) mass is 269 g/mol. The predicted molar refractivity (Wildman–Crippen MR) is 77.5 cm³/mol. The third kappa shape index (κ3) is 2.69. The van der Waals surface area contributed by atoms with Gasteiger partial charge in [0.2, 0.25) is 0 Å². The van der Waals surface area contributed by atoms with Gasteiger partial charge in [0.1, 0.15) is 11.7 Å². The molecular weight excluding hydrogens is 253 g/mol. The summed E-state index contributed by atoms with van der Waals surface area (Å²) in [7, 11) is 0. The molecule has 2 aromatic rings. The molecule has 0 amide bonds. The first-order valence-electron chi connectivity index (χ1n) is 6.79. The van der Waals surface area contributed by atoms with Crippen molar-refractivity contribution in [1.82, 2.24) is 10.3 Å². The van der Waals surface area contributed by atoms with E-state index in [9.17, 15) is 4.39 Å². The lowest BCUT2D eigenvalue weighted by molar-refractivity contribution is 0.608. The van der Waals surface area contributed by atoms with Crippen LogP contribution >= 0.6 is 0 Å². The molecule has 1 aromatic heterocycles. The molecule has 20 heavy (non-hydrogen) atoms. The van der Waals surface area contributed by atoms with Gasteiger partial charge in [-0.1, -0.05) is 12.1 Å². The molecule has 3 rings (SSSR count). The van der Waals surface area contributed by atoms with Gasteiger partial charge in [-0.3, -0.25) is 9.98 Å². The van der Waals surface area contributed by atoms with E-state index in [1.807, 2.05) is 18.2 Å². The highest BCUT2D eigenvalue weighted by molar-refractivity contribution is 6.01. The first-order valence-corrected chi connectivity index (χ1v) is 6.79. The summed E-state index contributed by atoms with van der Waals surface area (Å²) in [5.74, 6) is 0.655. The van der Waals surface area contributed by atoms with Crippen LogP contribution in [0.1, 0.15) is 16.7 Å². The zero-order valence-corrected chi connectivity index (χ0v) is 11.1. The van der Waals surface area contributed by atoms with E-state index in [-0.39, 0.29) is 5.82 Å².